The van der Waals surface area contributed by atoms with E-state index in [1.165, 1.54) is 19.3 Å². The van der Waals surface area contributed by atoms with Gasteiger partial charge in [-0.2, -0.15) is 5.06 Å². The Kier molecular flexibility index (Phi) is 3.16. The molecule has 0 aromatic rings. The average molecular weight is 143 g/mol. The van der Waals surface area contributed by atoms with Gasteiger partial charge in [-0.15, -0.1) is 0 Å². The molecule has 1 fully saturated rings. The summed E-state index contributed by atoms with van der Waals surface area (Å²) in [5.74, 6) is 0. The van der Waals surface area contributed by atoms with Crippen molar-refractivity contribution >= 4 is 0 Å². The summed E-state index contributed by atoms with van der Waals surface area (Å²) in [5, 5.41) is 2.11. The quantitative estimate of drug-likeness (QED) is 0.584. The van der Waals surface area contributed by atoms with Crippen molar-refractivity contribution in [1.29, 1.82) is 0 Å². The lowest BCUT2D eigenvalue weighted by Crippen LogP contribution is -2.37. The molecule has 2 nitrogen and oxygen atoms in total. The number of piperidine rings is 1. The first-order valence-corrected chi connectivity index (χ1v) is 4.24. The van der Waals surface area contributed by atoms with E-state index in [1.54, 1.807) is 0 Å². The van der Waals surface area contributed by atoms with Gasteiger partial charge in [-0.05, 0) is 26.7 Å². The summed E-state index contributed by atoms with van der Waals surface area (Å²) >= 11 is 0. The maximum Gasteiger partial charge on any atom is 0.0657 e. The summed E-state index contributed by atoms with van der Waals surface area (Å²) in [7, 11) is 0. The van der Waals surface area contributed by atoms with Crippen LogP contribution in [0.25, 0.3) is 0 Å². The Hall–Kier alpha value is -0.0800. The number of hydrogen-bond donors (Lipinski definition) is 0. The molecule has 1 rings (SSSR count). The van der Waals surface area contributed by atoms with E-state index in [0.29, 0.717) is 6.04 Å². The highest BCUT2D eigenvalue weighted by molar-refractivity contribution is 4.65. The van der Waals surface area contributed by atoms with Gasteiger partial charge in [-0.1, -0.05) is 6.42 Å². The van der Waals surface area contributed by atoms with Crippen molar-refractivity contribution in [1.82, 2.24) is 5.06 Å². The molecule has 0 saturated carbocycles. The van der Waals surface area contributed by atoms with Gasteiger partial charge in [0.05, 0.1) is 6.61 Å². The van der Waals surface area contributed by atoms with Gasteiger partial charge in [0.15, 0.2) is 0 Å². The summed E-state index contributed by atoms with van der Waals surface area (Å²) in [6.45, 7) is 6.20. The van der Waals surface area contributed by atoms with E-state index >= 15 is 0 Å². The predicted molar refractivity (Wildman–Crippen MR) is 41.6 cm³/mol. The average Bonchev–Trinajstić information content (AvgIpc) is 1.94. The summed E-state index contributed by atoms with van der Waals surface area (Å²) in [6, 6.07) is 0.633. The molecule has 0 bridgehead atoms. The van der Waals surface area contributed by atoms with E-state index in [2.05, 4.69) is 12.0 Å². The highest BCUT2D eigenvalue weighted by atomic mass is 16.7. The molecule has 0 spiro atoms. The zero-order valence-corrected chi connectivity index (χ0v) is 6.97. The van der Waals surface area contributed by atoms with E-state index in [1.807, 2.05) is 6.92 Å². The predicted octanol–water partition coefficient (Wildman–Crippen LogP) is 1.81. The Morgan fingerprint density at radius 2 is 2.30 bits per heavy atom. The topological polar surface area (TPSA) is 12.5 Å². The molecule has 2 heteroatoms. The van der Waals surface area contributed by atoms with E-state index < -0.39 is 0 Å². The van der Waals surface area contributed by atoms with Crippen LogP contribution < -0.4 is 0 Å². The molecule has 1 unspecified atom stereocenters. The molecule has 0 radical (unpaired) electrons. The second-order valence-corrected chi connectivity index (χ2v) is 2.90. The van der Waals surface area contributed by atoms with Crippen LogP contribution in [0.1, 0.15) is 33.1 Å². The van der Waals surface area contributed by atoms with Crippen LogP contribution in [0, 0.1) is 0 Å². The third-order valence-corrected chi connectivity index (χ3v) is 2.04. The molecule has 0 aromatic heterocycles. The van der Waals surface area contributed by atoms with Crippen molar-refractivity contribution in [3.05, 3.63) is 0 Å². The molecule has 1 aliphatic rings. The zero-order chi connectivity index (χ0) is 7.40. The Balaban J connectivity index is 2.25. The lowest BCUT2D eigenvalue weighted by molar-refractivity contribution is -0.190. The highest BCUT2D eigenvalue weighted by Crippen LogP contribution is 2.15. The van der Waals surface area contributed by atoms with Crippen molar-refractivity contribution in [3.63, 3.8) is 0 Å². The largest absolute Gasteiger partial charge is 0.299 e. The molecule has 0 aromatic carbocycles. The monoisotopic (exact) mass is 143 g/mol. The standard InChI is InChI=1S/C8H17NO/c1-3-10-9-7-5-4-6-8(9)2/h8H,3-7H2,1-2H3. The minimum Gasteiger partial charge on any atom is -0.299 e. The SMILES string of the molecule is CCON1CCCCC1C. The lowest BCUT2D eigenvalue weighted by atomic mass is 10.1. The number of nitrogens with zero attached hydrogens (tertiary/aromatic N) is 1. The minimum absolute atomic E-state index is 0.633. The highest BCUT2D eigenvalue weighted by Gasteiger charge is 2.17. The fraction of sp³-hybridized carbons (Fsp3) is 1.00. The first-order chi connectivity index (χ1) is 4.84. The molecule has 0 amide bonds. The molecule has 0 N–H and O–H groups in total. The van der Waals surface area contributed by atoms with Crippen molar-refractivity contribution in [2.45, 2.75) is 39.2 Å². The summed E-state index contributed by atoms with van der Waals surface area (Å²) in [6.07, 6.45) is 3.95. The number of hydrogen-bond acceptors (Lipinski definition) is 2. The smallest absolute Gasteiger partial charge is 0.0657 e. The van der Waals surface area contributed by atoms with Crippen molar-refractivity contribution in [2.75, 3.05) is 13.2 Å². The summed E-state index contributed by atoms with van der Waals surface area (Å²) in [4.78, 5) is 5.43. The van der Waals surface area contributed by atoms with Crippen molar-refractivity contribution < 1.29 is 4.84 Å². The summed E-state index contributed by atoms with van der Waals surface area (Å²) in [5.41, 5.74) is 0. The molecule has 60 valence electrons. The fourth-order valence-electron chi connectivity index (χ4n) is 1.43. The molecule has 1 saturated heterocycles. The molecule has 0 aliphatic carbocycles. The van der Waals surface area contributed by atoms with E-state index in [-0.39, 0.29) is 0 Å². The van der Waals surface area contributed by atoms with Crippen LogP contribution in [0.2, 0.25) is 0 Å². The van der Waals surface area contributed by atoms with E-state index in [0.717, 1.165) is 13.2 Å². The van der Waals surface area contributed by atoms with Crippen LogP contribution in [-0.4, -0.2) is 24.3 Å². The van der Waals surface area contributed by atoms with E-state index in [4.69, 9.17) is 4.84 Å². The molecular weight excluding hydrogens is 126 g/mol. The van der Waals surface area contributed by atoms with Crippen LogP contribution in [0.4, 0.5) is 0 Å². The Morgan fingerprint density at radius 1 is 1.50 bits per heavy atom. The van der Waals surface area contributed by atoms with Crippen molar-refractivity contribution in [3.8, 4) is 0 Å². The van der Waals surface area contributed by atoms with Crippen LogP contribution >= 0.6 is 0 Å². The van der Waals surface area contributed by atoms with Gasteiger partial charge in [0.2, 0.25) is 0 Å². The van der Waals surface area contributed by atoms with Gasteiger partial charge in [-0.3, -0.25) is 4.84 Å². The fourth-order valence-corrected chi connectivity index (χ4v) is 1.43. The Morgan fingerprint density at radius 3 is 2.90 bits per heavy atom. The number of rotatable bonds is 2. The van der Waals surface area contributed by atoms with Crippen LogP contribution in [0.15, 0.2) is 0 Å². The van der Waals surface area contributed by atoms with Crippen molar-refractivity contribution in [2.24, 2.45) is 0 Å². The zero-order valence-electron chi connectivity index (χ0n) is 6.97. The van der Waals surface area contributed by atoms with Crippen LogP contribution in [0.5, 0.6) is 0 Å². The first kappa shape index (κ1) is 8.02. The van der Waals surface area contributed by atoms with Gasteiger partial charge in [0.1, 0.15) is 0 Å². The van der Waals surface area contributed by atoms with Crippen LogP contribution in [0.3, 0.4) is 0 Å². The van der Waals surface area contributed by atoms with E-state index in [9.17, 15) is 0 Å². The van der Waals surface area contributed by atoms with Gasteiger partial charge in [0, 0.05) is 12.6 Å². The molecule has 10 heavy (non-hydrogen) atoms. The normalized spacial score (nSPS) is 28.8. The summed E-state index contributed by atoms with van der Waals surface area (Å²) < 4.78 is 0. The van der Waals surface area contributed by atoms with Gasteiger partial charge < -0.3 is 0 Å². The van der Waals surface area contributed by atoms with Gasteiger partial charge >= 0.3 is 0 Å². The molecular formula is C8H17NO. The minimum atomic E-state index is 0.633. The molecule has 1 atom stereocenters. The van der Waals surface area contributed by atoms with Crippen LogP contribution in [-0.2, 0) is 4.84 Å². The third-order valence-electron chi connectivity index (χ3n) is 2.04. The van der Waals surface area contributed by atoms with Gasteiger partial charge in [-0.25, -0.2) is 0 Å². The Labute approximate surface area is 63.1 Å². The second-order valence-electron chi connectivity index (χ2n) is 2.90. The molecule has 1 heterocycles. The lowest BCUT2D eigenvalue weighted by Gasteiger charge is -2.31. The van der Waals surface area contributed by atoms with Gasteiger partial charge in [0.25, 0.3) is 0 Å². The number of hydroxylamine groups is 2. The first-order valence-electron chi connectivity index (χ1n) is 4.24. The maximum atomic E-state index is 5.43. The third kappa shape index (κ3) is 1.96. The second kappa shape index (κ2) is 3.94. The molecule has 1 aliphatic heterocycles. The Bertz CT molecular complexity index is 93.3. The maximum absolute atomic E-state index is 5.43.